The lowest BCUT2D eigenvalue weighted by Crippen LogP contribution is -2.37. The van der Waals surface area contributed by atoms with E-state index in [1.165, 1.54) is 22.7 Å². The highest BCUT2D eigenvalue weighted by Crippen LogP contribution is 2.63. The summed E-state index contributed by atoms with van der Waals surface area (Å²) in [6.07, 6.45) is -0.0652. The van der Waals surface area contributed by atoms with Crippen molar-refractivity contribution in [2.75, 3.05) is 5.32 Å². The Hall–Kier alpha value is -2.00. The first kappa shape index (κ1) is 17.8. The van der Waals surface area contributed by atoms with Gasteiger partial charge in [-0.05, 0) is 30.4 Å². The Labute approximate surface area is 153 Å². The number of aryl methyl sites for hydroxylation is 1. The number of thiophene rings is 1. The molecule has 7 nitrogen and oxygen atoms in total. The molecule has 1 fully saturated rings. The third-order valence-electron chi connectivity index (χ3n) is 4.45. The third kappa shape index (κ3) is 3.38. The van der Waals surface area contributed by atoms with Gasteiger partial charge in [0.1, 0.15) is 10.6 Å². The molecule has 3 N–H and O–H groups in total. The van der Waals surface area contributed by atoms with Crippen LogP contribution in [0.25, 0.3) is 0 Å². The zero-order chi connectivity index (χ0) is 18.4. The van der Waals surface area contributed by atoms with Gasteiger partial charge in [0.05, 0.1) is 4.88 Å². The number of carbonyl (C=O) groups excluding carboxylic acids is 2. The predicted molar refractivity (Wildman–Crippen MR) is 97.1 cm³/mol. The Kier molecular flexibility index (Phi) is 4.32. The van der Waals surface area contributed by atoms with Crippen molar-refractivity contribution in [3.8, 4) is 0 Å². The molecule has 0 bridgehead atoms. The fraction of sp³-hybridized carbons (Fsp3) is 0.500. The molecule has 9 heteroatoms. The number of nitrogens with one attached hydrogen (secondary N) is 1. The molecule has 0 radical (unpaired) electrons. The number of carbonyl (C=O) groups is 2. The molecular weight excluding hydrogens is 360 g/mol. The van der Waals surface area contributed by atoms with Gasteiger partial charge in [-0.25, -0.2) is 4.79 Å². The largest absolute Gasteiger partial charge is 0.442 e. The summed E-state index contributed by atoms with van der Waals surface area (Å²) in [5.74, 6) is -0.174. The lowest BCUT2D eigenvalue weighted by Gasteiger charge is -2.31. The minimum atomic E-state index is -0.766. The van der Waals surface area contributed by atoms with E-state index in [9.17, 15) is 9.59 Å². The van der Waals surface area contributed by atoms with Crippen LogP contribution >= 0.6 is 22.7 Å². The first-order chi connectivity index (χ1) is 11.6. The number of anilines is 1. The van der Waals surface area contributed by atoms with Crippen LogP contribution in [0, 0.1) is 12.3 Å². The van der Waals surface area contributed by atoms with Crippen molar-refractivity contribution >= 4 is 39.8 Å². The number of amides is 2. The van der Waals surface area contributed by atoms with Gasteiger partial charge >= 0.3 is 6.09 Å². The number of ether oxygens (including phenoxy) is 1. The summed E-state index contributed by atoms with van der Waals surface area (Å²) in [6.45, 7) is 7.89. The monoisotopic (exact) mass is 380 g/mol. The minimum Gasteiger partial charge on any atom is -0.442 e. The van der Waals surface area contributed by atoms with Gasteiger partial charge in [-0.2, -0.15) is 0 Å². The second-order valence-corrected chi connectivity index (χ2v) is 9.23. The molecular formula is C16H20N4O3S2. The zero-order valence-electron chi connectivity index (χ0n) is 14.5. The lowest BCUT2D eigenvalue weighted by atomic mass is 9.84. The summed E-state index contributed by atoms with van der Waals surface area (Å²) >= 11 is 2.68. The maximum Gasteiger partial charge on any atom is 0.405 e. The molecule has 1 aliphatic carbocycles. The van der Waals surface area contributed by atoms with Gasteiger partial charge in [-0.15, -0.1) is 21.5 Å². The van der Waals surface area contributed by atoms with Crippen molar-refractivity contribution < 1.29 is 14.3 Å². The number of rotatable bonds is 4. The number of nitrogens with two attached hydrogens (primary N) is 1. The van der Waals surface area contributed by atoms with Crippen molar-refractivity contribution in [2.24, 2.45) is 11.1 Å². The second-order valence-electron chi connectivity index (χ2n) is 7.14. The molecule has 2 amide bonds. The van der Waals surface area contributed by atoms with Gasteiger partial charge in [-0.3, -0.25) is 10.1 Å². The number of hydrogen-bond donors (Lipinski definition) is 2. The highest BCUT2D eigenvalue weighted by molar-refractivity contribution is 7.15. The average molecular weight is 380 g/mol. The SMILES string of the molecule is Cc1nnc(NC(=O)c2cc([C@@H]3C[C@]3(OC(N)=O)C(C)(C)C)cs2)s1. The van der Waals surface area contributed by atoms with E-state index in [1.807, 2.05) is 39.1 Å². The molecule has 25 heavy (non-hydrogen) atoms. The number of nitrogens with zero attached hydrogens (tertiary/aromatic N) is 2. The van der Waals surface area contributed by atoms with E-state index in [0.29, 0.717) is 16.4 Å². The van der Waals surface area contributed by atoms with Crippen LogP contribution in [0.1, 0.15) is 53.4 Å². The maximum absolute atomic E-state index is 12.3. The molecule has 134 valence electrons. The van der Waals surface area contributed by atoms with Gasteiger partial charge in [0.15, 0.2) is 0 Å². The third-order valence-corrected chi connectivity index (χ3v) is 6.16. The van der Waals surface area contributed by atoms with Crippen LogP contribution < -0.4 is 11.1 Å². The van der Waals surface area contributed by atoms with Crippen molar-refractivity contribution in [3.05, 3.63) is 26.9 Å². The number of hydrogen-bond acceptors (Lipinski definition) is 7. The Morgan fingerprint density at radius 3 is 2.68 bits per heavy atom. The van der Waals surface area contributed by atoms with E-state index in [-0.39, 0.29) is 17.2 Å². The topological polar surface area (TPSA) is 107 Å². The highest BCUT2D eigenvalue weighted by atomic mass is 32.1. The van der Waals surface area contributed by atoms with Crippen molar-refractivity contribution in [1.29, 1.82) is 0 Å². The summed E-state index contributed by atoms with van der Waals surface area (Å²) in [5.41, 5.74) is 5.38. The fourth-order valence-electron chi connectivity index (χ4n) is 3.06. The Morgan fingerprint density at radius 2 is 2.12 bits per heavy atom. The molecule has 2 heterocycles. The second kappa shape index (κ2) is 6.06. The molecule has 0 unspecified atom stereocenters. The van der Waals surface area contributed by atoms with Crippen LogP contribution in [-0.2, 0) is 4.74 Å². The number of aromatic nitrogens is 2. The molecule has 0 aromatic carbocycles. The van der Waals surface area contributed by atoms with Crippen LogP contribution in [0.2, 0.25) is 0 Å². The molecule has 3 rings (SSSR count). The molecule has 1 saturated carbocycles. The maximum atomic E-state index is 12.3. The van der Waals surface area contributed by atoms with Gasteiger partial charge in [-0.1, -0.05) is 32.1 Å². The smallest absolute Gasteiger partial charge is 0.405 e. The van der Waals surface area contributed by atoms with Gasteiger partial charge in [0.2, 0.25) is 5.13 Å². The highest BCUT2D eigenvalue weighted by Gasteiger charge is 2.65. The summed E-state index contributed by atoms with van der Waals surface area (Å²) in [5, 5.41) is 13.7. The molecule has 2 atom stereocenters. The Balaban J connectivity index is 1.75. The summed E-state index contributed by atoms with van der Waals surface area (Å²) in [7, 11) is 0. The van der Waals surface area contributed by atoms with Crippen LogP contribution in [0.4, 0.5) is 9.93 Å². The van der Waals surface area contributed by atoms with E-state index in [1.54, 1.807) is 0 Å². The van der Waals surface area contributed by atoms with E-state index in [4.69, 9.17) is 10.5 Å². The number of primary amides is 1. The molecule has 2 aromatic rings. The zero-order valence-corrected chi connectivity index (χ0v) is 16.1. The minimum absolute atomic E-state index is 0.0431. The summed E-state index contributed by atoms with van der Waals surface area (Å²) in [6, 6.07) is 1.84. The average Bonchev–Trinajstić information content (AvgIpc) is 2.85. The molecule has 2 aromatic heterocycles. The van der Waals surface area contributed by atoms with E-state index >= 15 is 0 Å². The molecule has 1 aliphatic rings. The molecule has 0 saturated heterocycles. The van der Waals surface area contributed by atoms with E-state index in [0.717, 1.165) is 10.6 Å². The predicted octanol–water partition coefficient (Wildman–Crippen LogP) is 3.53. The van der Waals surface area contributed by atoms with Crippen LogP contribution in [-0.4, -0.2) is 27.8 Å². The van der Waals surface area contributed by atoms with Gasteiger partial charge in [0, 0.05) is 11.3 Å². The van der Waals surface area contributed by atoms with Crippen LogP contribution in [0.15, 0.2) is 11.4 Å². The van der Waals surface area contributed by atoms with Gasteiger partial charge in [0.25, 0.3) is 5.91 Å². The van der Waals surface area contributed by atoms with E-state index < -0.39 is 11.7 Å². The molecule has 0 aliphatic heterocycles. The lowest BCUT2D eigenvalue weighted by molar-refractivity contribution is 0.0111. The normalized spacial score (nSPS) is 22.5. The van der Waals surface area contributed by atoms with E-state index in [2.05, 4.69) is 15.5 Å². The first-order valence-electron chi connectivity index (χ1n) is 7.81. The van der Waals surface area contributed by atoms with Crippen LogP contribution in [0.3, 0.4) is 0 Å². The summed E-state index contributed by atoms with van der Waals surface area (Å²) in [4.78, 5) is 24.3. The molecule has 0 spiro atoms. The van der Waals surface area contributed by atoms with Crippen molar-refractivity contribution in [1.82, 2.24) is 10.2 Å². The van der Waals surface area contributed by atoms with Crippen LogP contribution in [0.5, 0.6) is 0 Å². The van der Waals surface area contributed by atoms with Gasteiger partial charge < -0.3 is 10.5 Å². The standard InChI is InChI=1S/C16H20N4O3S2/c1-8-19-20-14(25-8)18-12(21)11-5-9(7-24-11)10-6-16(10,15(2,3)4)23-13(17)22/h5,7,10H,6H2,1-4H3,(H2,17,22)(H,18,20,21)/t10-,16+/m0/s1. The fourth-order valence-corrected chi connectivity index (χ4v) is 4.51. The Bertz CT molecular complexity index is 823. The first-order valence-corrected chi connectivity index (χ1v) is 9.50. The van der Waals surface area contributed by atoms with Crippen molar-refractivity contribution in [2.45, 2.75) is 45.6 Å². The summed E-state index contributed by atoms with van der Waals surface area (Å²) < 4.78 is 5.47. The quantitative estimate of drug-likeness (QED) is 0.844. The van der Waals surface area contributed by atoms with Crippen molar-refractivity contribution in [3.63, 3.8) is 0 Å². The Morgan fingerprint density at radius 1 is 1.40 bits per heavy atom.